The van der Waals surface area contributed by atoms with Gasteiger partial charge in [0.1, 0.15) is 29.3 Å². The van der Waals surface area contributed by atoms with Crippen molar-refractivity contribution in [2.24, 2.45) is 5.14 Å². The van der Waals surface area contributed by atoms with Crippen molar-refractivity contribution in [1.82, 2.24) is 15.3 Å². The number of primary sulfonamides is 1. The molecule has 2 aromatic heterocycles. The molecule has 4 N–H and O–H groups in total. The van der Waals surface area contributed by atoms with Gasteiger partial charge in [0.05, 0.1) is 15.5 Å². The van der Waals surface area contributed by atoms with Gasteiger partial charge in [-0.25, -0.2) is 13.6 Å². The van der Waals surface area contributed by atoms with E-state index in [2.05, 4.69) is 15.3 Å². The van der Waals surface area contributed by atoms with Crippen LogP contribution in [0.5, 0.6) is 11.8 Å². The molecule has 0 aliphatic heterocycles. The molecule has 0 saturated carbocycles. The molecule has 52 heavy (non-hydrogen) atoms. The molecule has 1 aliphatic rings. The second-order valence-corrected chi connectivity index (χ2v) is 15.1. The average molecular weight is 759 g/mol. The van der Waals surface area contributed by atoms with Gasteiger partial charge in [0.25, 0.3) is 0 Å². The van der Waals surface area contributed by atoms with Crippen LogP contribution in [0.4, 0.5) is 0 Å². The maximum atomic E-state index is 12.8. The van der Waals surface area contributed by atoms with Crippen LogP contribution in [0.25, 0.3) is 22.3 Å². The van der Waals surface area contributed by atoms with Crippen LogP contribution >= 0.6 is 23.2 Å². The number of carboxylic acids is 1. The number of rotatable bonds is 12. The minimum atomic E-state index is -4.16. The Kier molecular flexibility index (Phi) is 10.5. The SMILES string of the molecule is CC(C)(NCc1cc(Cl)c(O[C@H]2CCc3c(-c4c(S(N)(=O)=O)ccc(-c5ccccc5)c4Cl)cccc32)nc1OCc1cncc(C#N)c1)C(=O)O. The summed E-state index contributed by atoms with van der Waals surface area (Å²) in [4.78, 5) is 20.4. The summed E-state index contributed by atoms with van der Waals surface area (Å²) >= 11 is 13.8. The standard InChI is InChI=1S/C38H33Cl2N5O6S/c1-38(2,37(46)47)44-20-25-16-30(39)36(45-35(25)50-21-23-15-22(17-41)18-43-19-23)51-31-13-11-27-28(31)9-6-10-29(27)33-32(52(42,48)49)14-12-26(34(33)40)24-7-4-3-5-8-24/h3-10,12,14-16,18-19,31,44H,11,13,20-21H2,1-2H3,(H,46,47)(H2,42,48,49)/t31-/m0/s1. The molecule has 0 unspecified atom stereocenters. The molecule has 1 atom stereocenters. The Bertz CT molecular complexity index is 2330. The Morgan fingerprint density at radius 3 is 2.54 bits per heavy atom. The summed E-state index contributed by atoms with van der Waals surface area (Å²) in [5.41, 5.74) is 4.26. The number of ether oxygens (including phenoxy) is 2. The van der Waals surface area contributed by atoms with Crippen molar-refractivity contribution in [3.8, 4) is 40.1 Å². The number of halogens is 2. The fraction of sp³-hybridized carbons (Fsp3) is 0.211. The van der Waals surface area contributed by atoms with Crippen molar-refractivity contribution < 1.29 is 27.8 Å². The summed E-state index contributed by atoms with van der Waals surface area (Å²) in [6.07, 6.45) is 3.53. The normalized spacial score (nSPS) is 14.0. The Labute approximate surface area is 311 Å². The summed E-state index contributed by atoms with van der Waals surface area (Å²) in [5.74, 6) is -0.818. The highest BCUT2D eigenvalue weighted by Gasteiger charge is 2.32. The summed E-state index contributed by atoms with van der Waals surface area (Å²) in [6, 6.07) is 23.4. The van der Waals surface area contributed by atoms with Crippen molar-refractivity contribution in [1.29, 1.82) is 5.26 Å². The van der Waals surface area contributed by atoms with Gasteiger partial charge < -0.3 is 14.6 Å². The van der Waals surface area contributed by atoms with Crippen LogP contribution in [0.15, 0.2) is 90.1 Å². The second-order valence-electron chi connectivity index (χ2n) is 12.7. The monoisotopic (exact) mass is 757 g/mol. The molecule has 14 heteroatoms. The minimum absolute atomic E-state index is 0.0106. The van der Waals surface area contributed by atoms with Crippen LogP contribution in [0.3, 0.4) is 0 Å². The summed E-state index contributed by atoms with van der Waals surface area (Å²) < 4.78 is 38.2. The van der Waals surface area contributed by atoms with Crippen LogP contribution in [0, 0.1) is 11.3 Å². The van der Waals surface area contributed by atoms with Crippen LogP contribution in [-0.2, 0) is 34.4 Å². The molecular weight excluding hydrogens is 725 g/mol. The number of carboxylic acid groups (broad SMARTS) is 1. The third-order valence-electron chi connectivity index (χ3n) is 8.77. The molecule has 11 nitrogen and oxygen atoms in total. The smallest absolute Gasteiger partial charge is 0.323 e. The molecule has 0 saturated heterocycles. The van der Waals surface area contributed by atoms with E-state index in [1.165, 1.54) is 26.1 Å². The molecule has 0 spiro atoms. The van der Waals surface area contributed by atoms with Gasteiger partial charge in [0.2, 0.25) is 21.8 Å². The lowest BCUT2D eigenvalue weighted by atomic mass is 9.93. The summed E-state index contributed by atoms with van der Waals surface area (Å²) in [6.45, 7) is 3.13. The fourth-order valence-electron chi connectivity index (χ4n) is 5.99. The number of carbonyl (C=O) groups is 1. The zero-order chi connectivity index (χ0) is 37.2. The number of aromatic nitrogens is 2. The quantitative estimate of drug-likeness (QED) is 0.118. The first-order valence-electron chi connectivity index (χ1n) is 16.1. The zero-order valence-electron chi connectivity index (χ0n) is 28.1. The van der Waals surface area contributed by atoms with Crippen LogP contribution in [0.1, 0.15) is 54.2 Å². The van der Waals surface area contributed by atoms with Gasteiger partial charge in [-0.15, -0.1) is 0 Å². The van der Waals surface area contributed by atoms with Gasteiger partial charge in [0, 0.05) is 41.2 Å². The molecule has 0 fully saturated rings. The molecule has 266 valence electrons. The number of nitrogens with zero attached hydrogens (tertiary/aromatic N) is 3. The summed E-state index contributed by atoms with van der Waals surface area (Å²) in [7, 11) is -4.16. The third kappa shape index (κ3) is 7.74. The van der Waals surface area contributed by atoms with Crippen LogP contribution in [0.2, 0.25) is 10.0 Å². The lowest BCUT2D eigenvalue weighted by molar-refractivity contribution is -0.143. The highest BCUT2D eigenvalue weighted by molar-refractivity contribution is 7.89. The van der Waals surface area contributed by atoms with E-state index in [-0.39, 0.29) is 39.9 Å². The number of nitriles is 1. The number of fused-ring (bicyclic) bond motifs is 1. The third-order valence-corrected chi connectivity index (χ3v) is 10.4. The number of hydrogen-bond donors (Lipinski definition) is 3. The van der Waals surface area contributed by atoms with Crippen molar-refractivity contribution in [3.63, 3.8) is 0 Å². The Hall–Kier alpha value is -5.03. The van der Waals surface area contributed by atoms with Gasteiger partial charge in [-0.05, 0) is 67.1 Å². The topological polar surface area (TPSA) is 178 Å². The molecular formula is C38H33Cl2N5O6S. The molecule has 0 amide bonds. The van der Waals surface area contributed by atoms with Crippen molar-refractivity contribution in [2.45, 2.75) is 56.4 Å². The molecule has 2 heterocycles. The van der Waals surface area contributed by atoms with E-state index < -0.39 is 27.6 Å². The van der Waals surface area contributed by atoms with E-state index >= 15 is 0 Å². The van der Waals surface area contributed by atoms with E-state index in [0.29, 0.717) is 46.2 Å². The van der Waals surface area contributed by atoms with E-state index in [1.807, 2.05) is 48.5 Å². The first kappa shape index (κ1) is 36.8. The second kappa shape index (κ2) is 14.9. The van der Waals surface area contributed by atoms with Crippen molar-refractivity contribution in [2.75, 3.05) is 0 Å². The van der Waals surface area contributed by atoms with E-state index in [9.17, 15) is 23.6 Å². The zero-order valence-corrected chi connectivity index (χ0v) is 30.4. The molecule has 0 radical (unpaired) electrons. The Balaban J connectivity index is 1.36. The van der Waals surface area contributed by atoms with Crippen LogP contribution in [-0.4, -0.2) is 35.0 Å². The van der Waals surface area contributed by atoms with Gasteiger partial charge in [-0.2, -0.15) is 10.2 Å². The molecule has 1 aliphatic carbocycles. The minimum Gasteiger partial charge on any atom is -0.480 e. The van der Waals surface area contributed by atoms with Gasteiger partial charge >= 0.3 is 5.97 Å². The molecule has 6 rings (SSSR count). The van der Waals surface area contributed by atoms with Gasteiger partial charge in [-0.1, -0.05) is 77.8 Å². The average Bonchev–Trinajstić information content (AvgIpc) is 3.53. The first-order valence-corrected chi connectivity index (χ1v) is 18.4. The molecule has 5 aromatic rings. The number of aliphatic carboxylic acids is 1. The predicted molar refractivity (Wildman–Crippen MR) is 196 cm³/mol. The summed E-state index contributed by atoms with van der Waals surface area (Å²) in [5, 5.41) is 28.0. The maximum absolute atomic E-state index is 12.8. The lowest BCUT2D eigenvalue weighted by Crippen LogP contribution is -2.46. The molecule has 0 bridgehead atoms. The van der Waals surface area contributed by atoms with Crippen molar-refractivity contribution in [3.05, 3.63) is 123 Å². The van der Waals surface area contributed by atoms with Crippen molar-refractivity contribution >= 4 is 39.2 Å². The van der Waals surface area contributed by atoms with Gasteiger partial charge in [0.15, 0.2) is 0 Å². The number of nitrogens with two attached hydrogens (primary N) is 1. The van der Waals surface area contributed by atoms with Gasteiger partial charge in [-0.3, -0.25) is 15.1 Å². The number of nitrogens with one attached hydrogen (secondary N) is 1. The van der Waals surface area contributed by atoms with Crippen LogP contribution < -0.4 is 19.9 Å². The number of sulfonamides is 1. The van der Waals surface area contributed by atoms with E-state index in [1.54, 1.807) is 30.5 Å². The largest absolute Gasteiger partial charge is 0.480 e. The predicted octanol–water partition coefficient (Wildman–Crippen LogP) is 7.23. The highest BCUT2D eigenvalue weighted by Crippen LogP contribution is 2.46. The number of hydrogen-bond acceptors (Lipinski definition) is 9. The fourth-order valence-corrected chi connectivity index (χ4v) is 7.40. The van der Waals surface area contributed by atoms with E-state index in [4.69, 9.17) is 37.8 Å². The number of benzene rings is 3. The van der Waals surface area contributed by atoms with E-state index in [0.717, 1.165) is 16.7 Å². The first-order chi connectivity index (χ1) is 24.8. The number of pyridine rings is 2. The highest BCUT2D eigenvalue weighted by atomic mass is 35.5. The Morgan fingerprint density at radius 1 is 1.06 bits per heavy atom. The molecule has 3 aromatic carbocycles. The maximum Gasteiger partial charge on any atom is 0.323 e. The Morgan fingerprint density at radius 2 is 1.83 bits per heavy atom. The lowest BCUT2D eigenvalue weighted by Gasteiger charge is -2.23.